The minimum absolute atomic E-state index is 0.0147. The SMILES string of the molecule is Nc1ccc(F)c(Cn2ccc3cc(Cl)cnc32)c1F. The molecule has 0 amide bonds. The van der Waals surface area contributed by atoms with E-state index in [1.807, 2.05) is 0 Å². The number of benzene rings is 1. The molecule has 0 aliphatic rings. The van der Waals surface area contributed by atoms with E-state index in [4.69, 9.17) is 17.3 Å². The minimum Gasteiger partial charge on any atom is -0.396 e. The lowest BCUT2D eigenvalue weighted by molar-refractivity contribution is 0.549. The van der Waals surface area contributed by atoms with E-state index in [2.05, 4.69) is 4.98 Å². The van der Waals surface area contributed by atoms with Gasteiger partial charge in [-0.3, -0.25) is 0 Å². The van der Waals surface area contributed by atoms with Crippen LogP contribution in [0.4, 0.5) is 14.5 Å². The van der Waals surface area contributed by atoms with Crippen LogP contribution in [0.2, 0.25) is 5.02 Å². The third-order valence-electron chi connectivity index (χ3n) is 3.11. The van der Waals surface area contributed by atoms with Crippen molar-refractivity contribution in [2.24, 2.45) is 0 Å². The summed E-state index contributed by atoms with van der Waals surface area (Å²) in [4.78, 5) is 4.17. The van der Waals surface area contributed by atoms with Crippen molar-refractivity contribution in [2.45, 2.75) is 6.54 Å². The molecule has 20 heavy (non-hydrogen) atoms. The van der Waals surface area contributed by atoms with Gasteiger partial charge in [0, 0.05) is 23.3 Å². The van der Waals surface area contributed by atoms with Crippen LogP contribution in [0.1, 0.15) is 5.56 Å². The second-order valence-electron chi connectivity index (χ2n) is 4.44. The molecule has 102 valence electrons. The van der Waals surface area contributed by atoms with Crippen LogP contribution in [0.25, 0.3) is 11.0 Å². The first-order valence-corrected chi connectivity index (χ1v) is 6.27. The molecule has 2 aromatic heterocycles. The number of nitrogens with zero attached hydrogens (tertiary/aromatic N) is 2. The number of halogens is 3. The molecular weight excluding hydrogens is 284 g/mol. The average molecular weight is 294 g/mol. The Morgan fingerprint density at radius 2 is 2.05 bits per heavy atom. The topological polar surface area (TPSA) is 43.8 Å². The van der Waals surface area contributed by atoms with Crippen molar-refractivity contribution in [1.29, 1.82) is 0 Å². The Balaban J connectivity index is 2.08. The van der Waals surface area contributed by atoms with Crippen LogP contribution in [-0.4, -0.2) is 9.55 Å². The highest BCUT2D eigenvalue weighted by atomic mass is 35.5. The number of rotatable bonds is 2. The Morgan fingerprint density at radius 3 is 2.85 bits per heavy atom. The van der Waals surface area contributed by atoms with Gasteiger partial charge in [-0.05, 0) is 24.3 Å². The Hall–Kier alpha value is -2.14. The third-order valence-corrected chi connectivity index (χ3v) is 3.32. The maximum absolute atomic E-state index is 13.9. The van der Waals surface area contributed by atoms with Crippen molar-refractivity contribution in [1.82, 2.24) is 9.55 Å². The summed E-state index contributed by atoms with van der Waals surface area (Å²) in [5, 5.41) is 1.32. The van der Waals surface area contributed by atoms with Gasteiger partial charge in [0.25, 0.3) is 0 Å². The number of nitrogens with two attached hydrogens (primary N) is 1. The van der Waals surface area contributed by atoms with Gasteiger partial charge < -0.3 is 10.3 Å². The highest BCUT2D eigenvalue weighted by Crippen LogP contribution is 2.23. The maximum Gasteiger partial charge on any atom is 0.153 e. The van der Waals surface area contributed by atoms with E-state index >= 15 is 0 Å². The molecule has 0 unspecified atom stereocenters. The average Bonchev–Trinajstić information content (AvgIpc) is 2.81. The zero-order valence-electron chi connectivity index (χ0n) is 10.3. The monoisotopic (exact) mass is 293 g/mol. The summed E-state index contributed by atoms with van der Waals surface area (Å²) in [5.41, 5.74) is 5.91. The fourth-order valence-corrected chi connectivity index (χ4v) is 2.28. The molecule has 3 rings (SSSR count). The van der Waals surface area contributed by atoms with Gasteiger partial charge >= 0.3 is 0 Å². The van der Waals surface area contributed by atoms with E-state index in [1.165, 1.54) is 12.3 Å². The Kier molecular flexibility index (Phi) is 3.06. The molecule has 0 aliphatic carbocycles. The minimum atomic E-state index is -0.735. The van der Waals surface area contributed by atoms with Crippen LogP contribution in [0.5, 0.6) is 0 Å². The van der Waals surface area contributed by atoms with E-state index in [-0.39, 0.29) is 17.8 Å². The molecule has 0 aliphatic heterocycles. The van der Waals surface area contributed by atoms with Crippen LogP contribution in [0, 0.1) is 11.6 Å². The van der Waals surface area contributed by atoms with E-state index < -0.39 is 11.6 Å². The normalized spacial score (nSPS) is 11.2. The zero-order chi connectivity index (χ0) is 14.3. The van der Waals surface area contributed by atoms with Gasteiger partial charge in [0.05, 0.1) is 17.3 Å². The van der Waals surface area contributed by atoms with E-state index in [0.29, 0.717) is 10.7 Å². The summed E-state index contributed by atoms with van der Waals surface area (Å²) in [6.07, 6.45) is 3.20. The van der Waals surface area contributed by atoms with Crippen molar-refractivity contribution in [3.8, 4) is 0 Å². The Morgan fingerprint density at radius 1 is 1.25 bits per heavy atom. The predicted octanol–water partition coefficient (Wildman–Crippen LogP) is 3.60. The number of aromatic nitrogens is 2. The summed E-state index contributed by atoms with van der Waals surface area (Å²) < 4.78 is 29.3. The van der Waals surface area contributed by atoms with Crippen LogP contribution in [0.15, 0.2) is 36.7 Å². The summed E-state index contributed by atoms with van der Waals surface area (Å²) in [5.74, 6) is -1.37. The molecule has 0 spiro atoms. The first-order valence-electron chi connectivity index (χ1n) is 5.89. The maximum atomic E-state index is 13.9. The standard InChI is InChI=1S/C14H10ClF2N3/c15-9-5-8-3-4-20(14(8)19-6-9)7-10-11(16)1-2-12(18)13(10)17/h1-6H,7,18H2. The third kappa shape index (κ3) is 2.10. The fourth-order valence-electron chi connectivity index (χ4n) is 2.11. The second kappa shape index (κ2) is 4.76. The van der Waals surface area contributed by atoms with Gasteiger partial charge in [-0.1, -0.05) is 11.6 Å². The molecule has 2 N–H and O–H groups in total. The second-order valence-corrected chi connectivity index (χ2v) is 4.88. The van der Waals surface area contributed by atoms with Gasteiger partial charge in [-0.15, -0.1) is 0 Å². The quantitative estimate of drug-likeness (QED) is 0.734. The number of anilines is 1. The van der Waals surface area contributed by atoms with Crippen LogP contribution >= 0.6 is 11.6 Å². The van der Waals surface area contributed by atoms with Gasteiger partial charge in [0.2, 0.25) is 0 Å². The van der Waals surface area contributed by atoms with Gasteiger partial charge in [0.15, 0.2) is 5.82 Å². The smallest absolute Gasteiger partial charge is 0.153 e. The molecule has 0 saturated carbocycles. The molecular formula is C14H10ClF2N3. The number of nitrogen functional groups attached to an aromatic ring is 1. The highest BCUT2D eigenvalue weighted by molar-refractivity contribution is 6.31. The van der Waals surface area contributed by atoms with Gasteiger partial charge in [-0.25, -0.2) is 13.8 Å². The van der Waals surface area contributed by atoms with Crippen molar-refractivity contribution < 1.29 is 8.78 Å². The number of hydrogen-bond acceptors (Lipinski definition) is 2. The van der Waals surface area contributed by atoms with E-state index in [1.54, 1.807) is 22.9 Å². The van der Waals surface area contributed by atoms with Crippen LogP contribution < -0.4 is 5.73 Å². The van der Waals surface area contributed by atoms with Crippen molar-refractivity contribution in [2.75, 3.05) is 5.73 Å². The largest absolute Gasteiger partial charge is 0.396 e. The van der Waals surface area contributed by atoms with Crippen LogP contribution in [0.3, 0.4) is 0 Å². The van der Waals surface area contributed by atoms with Crippen molar-refractivity contribution in [3.63, 3.8) is 0 Å². The molecule has 0 fully saturated rings. The Bertz CT molecular complexity index is 798. The molecule has 1 aromatic carbocycles. The molecule has 0 atom stereocenters. The molecule has 3 nitrogen and oxygen atoms in total. The van der Waals surface area contributed by atoms with E-state index in [9.17, 15) is 8.78 Å². The van der Waals surface area contributed by atoms with Gasteiger partial charge in [-0.2, -0.15) is 0 Å². The molecule has 2 heterocycles. The highest BCUT2D eigenvalue weighted by Gasteiger charge is 2.14. The number of pyridine rings is 1. The van der Waals surface area contributed by atoms with Gasteiger partial charge in [0.1, 0.15) is 11.5 Å². The number of hydrogen-bond donors (Lipinski definition) is 1. The lowest BCUT2D eigenvalue weighted by Gasteiger charge is -2.09. The molecule has 0 saturated heterocycles. The summed E-state index contributed by atoms with van der Waals surface area (Å²) >= 11 is 5.85. The fraction of sp³-hybridized carbons (Fsp3) is 0.0714. The lowest BCUT2D eigenvalue weighted by atomic mass is 10.1. The summed E-state index contributed by atoms with van der Waals surface area (Å²) in [7, 11) is 0. The molecule has 0 radical (unpaired) electrons. The number of fused-ring (bicyclic) bond motifs is 1. The molecule has 6 heteroatoms. The molecule has 3 aromatic rings. The van der Waals surface area contributed by atoms with Crippen molar-refractivity contribution >= 4 is 28.3 Å². The van der Waals surface area contributed by atoms with Crippen molar-refractivity contribution in [3.05, 3.63) is 58.9 Å². The first kappa shape index (κ1) is 12.9. The van der Waals surface area contributed by atoms with Crippen LogP contribution in [-0.2, 0) is 6.54 Å². The summed E-state index contributed by atoms with van der Waals surface area (Å²) in [6, 6.07) is 5.90. The zero-order valence-corrected chi connectivity index (χ0v) is 11.0. The summed E-state index contributed by atoms with van der Waals surface area (Å²) in [6.45, 7) is 0.0147. The Labute approximate surface area is 118 Å². The lowest BCUT2D eigenvalue weighted by Crippen LogP contribution is -2.06. The predicted molar refractivity (Wildman–Crippen MR) is 74.6 cm³/mol. The van der Waals surface area contributed by atoms with E-state index in [0.717, 1.165) is 11.5 Å². The molecule has 0 bridgehead atoms. The first-order chi connectivity index (χ1) is 9.56.